The fourth-order valence-corrected chi connectivity index (χ4v) is 5.51. The Kier molecular flexibility index (Phi) is 5.28. The van der Waals surface area contributed by atoms with Crippen LogP contribution in [0.25, 0.3) is 22.2 Å². The first-order valence-electron chi connectivity index (χ1n) is 12.1. The van der Waals surface area contributed by atoms with Crippen LogP contribution >= 0.6 is 0 Å². The smallest absolute Gasteiger partial charge is 0.253 e. The van der Waals surface area contributed by atoms with E-state index in [9.17, 15) is 9.59 Å². The molecule has 4 aromatic rings. The lowest BCUT2D eigenvalue weighted by Gasteiger charge is -2.38. The maximum atomic E-state index is 13.6. The standard InChI is InChI=1S/C27H27N5O4/c1-17-30-22-13-18(3-6-23(22)36-17)25(33)31-10-7-27(8-11-31)9-12-32(26(27)34)20-4-5-21(24(14-20)35-2)19-15-28-29-16-19/h3-6,13-16H,7-12H2,1-2H3,(H,28,29). The Bertz CT molecular complexity index is 1450. The van der Waals surface area contributed by atoms with Crippen molar-refractivity contribution in [1.29, 1.82) is 0 Å². The van der Waals surface area contributed by atoms with Crippen LogP contribution in [0.2, 0.25) is 0 Å². The van der Waals surface area contributed by atoms with Gasteiger partial charge in [0.05, 0.1) is 18.7 Å². The summed E-state index contributed by atoms with van der Waals surface area (Å²) in [6.07, 6.45) is 5.65. The summed E-state index contributed by atoms with van der Waals surface area (Å²) in [6.45, 7) is 3.55. The van der Waals surface area contributed by atoms with E-state index in [1.54, 1.807) is 38.4 Å². The molecule has 2 saturated heterocycles. The van der Waals surface area contributed by atoms with Gasteiger partial charge in [-0.25, -0.2) is 4.98 Å². The average molecular weight is 486 g/mol. The van der Waals surface area contributed by atoms with Gasteiger partial charge in [0.2, 0.25) is 5.91 Å². The number of aromatic nitrogens is 3. The van der Waals surface area contributed by atoms with Gasteiger partial charge in [0.1, 0.15) is 11.3 Å². The Balaban J connectivity index is 1.16. The number of aromatic amines is 1. The SMILES string of the molecule is COc1cc(N2CCC3(CCN(C(=O)c4ccc5oc(C)nc5c4)CC3)C2=O)ccc1-c1cn[nH]c1. The number of rotatable bonds is 4. The van der Waals surface area contributed by atoms with E-state index < -0.39 is 5.41 Å². The number of methoxy groups -OCH3 is 1. The minimum atomic E-state index is -0.430. The molecule has 9 heteroatoms. The highest BCUT2D eigenvalue weighted by Crippen LogP contribution is 2.44. The number of benzene rings is 2. The van der Waals surface area contributed by atoms with Crippen LogP contribution in [0.5, 0.6) is 5.75 Å². The average Bonchev–Trinajstić information content (AvgIpc) is 3.63. The Morgan fingerprint density at radius 3 is 2.67 bits per heavy atom. The number of carbonyl (C=O) groups is 2. The normalized spacial score (nSPS) is 17.3. The lowest BCUT2D eigenvalue weighted by Crippen LogP contribution is -2.46. The molecule has 2 fully saturated rings. The molecule has 6 rings (SSSR count). The van der Waals surface area contributed by atoms with Gasteiger partial charge in [-0.05, 0) is 49.6 Å². The number of oxazole rings is 1. The lowest BCUT2D eigenvalue weighted by molar-refractivity contribution is -0.127. The van der Waals surface area contributed by atoms with E-state index in [0.717, 1.165) is 23.2 Å². The molecule has 2 aliphatic heterocycles. The fourth-order valence-electron chi connectivity index (χ4n) is 5.51. The lowest BCUT2D eigenvalue weighted by atomic mass is 9.77. The zero-order chi connectivity index (χ0) is 24.9. The number of anilines is 1. The van der Waals surface area contributed by atoms with Crippen molar-refractivity contribution in [1.82, 2.24) is 20.1 Å². The Morgan fingerprint density at radius 2 is 1.92 bits per heavy atom. The van der Waals surface area contributed by atoms with Gasteiger partial charge in [-0.3, -0.25) is 14.7 Å². The molecule has 1 N–H and O–H groups in total. The Hall–Kier alpha value is -4.14. The monoisotopic (exact) mass is 485 g/mol. The number of nitrogens with zero attached hydrogens (tertiary/aromatic N) is 4. The van der Waals surface area contributed by atoms with Gasteiger partial charge in [-0.15, -0.1) is 0 Å². The predicted octanol–water partition coefficient (Wildman–Crippen LogP) is 4.19. The van der Waals surface area contributed by atoms with E-state index in [0.29, 0.717) is 60.8 Å². The van der Waals surface area contributed by atoms with Crippen molar-refractivity contribution in [2.45, 2.75) is 26.2 Å². The van der Waals surface area contributed by atoms with Crippen molar-refractivity contribution >= 4 is 28.6 Å². The maximum Gasteiger partial charge on any atom is 0.253 e. The summed E-state index contributed by atoms with van der Waals surface area (Å²) in [6, 6.07) is 11.2. The van der Waals surface area contributed by atoms with E-state index in [1.807, 2.05) is 34.2 Å². The zero-order valence-electron chi connectivity index (χ0n) is 20.3. The van der Waals surface area contributed by atoms with Crippen LogP contribution in [-0.2, 0) is 4.79 Å². The second kappa shape index (κ2) is 8.51. The molecule has 0 unspecified atom stereocenters. The molecule has 2 aliphatic rings. The van der Waals surface area contributed by atoms with Gasteiger partial charge >= 0.3 is 0 Å². The van der Waals surface area contributed by atoms with Crippen molar-refractivity contribution in [3.63, 3.8) is 0 Å². The molecule has 9 nitrogen and oxygen atoms in total. The Labute approximate surface area is 208 Å². The molecule has 2 aromatic heterocycles. The van der Waals surface area contributed by atoms with Crippen molar-refractivity contribution in [2.75, 3.05) is 31.6 Å². The number of piperidine rings is 1. The number of hydrogen-bond donors (Lipinski definition) is 1. The van der Waals surface area contributed by atoms with E-state index in [2.05, 4.69) is 15.2 Å². The van der Waals surface area contributed by atoms with Gasteiger partial charge in [-0.2, -0.15) is 5.10 Å². The molecular weight excluding hydrogens is 458 g/mol. The molecule has 0 aliphatic carbocycles. The van der Waals surface area contributed by atoms with E-state index in [-0.39, 0.29) is 11.8 Å². The summed E-state index contributed by atoms with van der Waals surface area (Å²) >= 11 is 0. The number of ether oxygens (including phenoxy) is 1. The van der Waals surface area contributed by atoms with E-state index in [4.69, 9.17) is 9.15 Å². The van der Waals surface area contributed by atoms with Gasteiger partial charge in [0.15, 0.2) is 11.5 Å². The minimum absolute atomic E-state index is 0.0331. The number of carbonyl (C=O) groups excluding carboxylic acids is 2. The summed E-state index contributed by atoms with van der Waals surface area (Å²) in [7, 11) is 1.63. The summed E-state index contributed by atoms with van der Waals surface area (Å²) in [5.41, 5.74) is 4.20. The third kappa shape index (κ3) is 3.62. The third-order valence-corrected chi connectivity index (χ3v) is 7.57. The van der Waals surface area contributed by atoms with Crippen LogP contribution in [0.1, 0.15) is 35.5 Å². The van der Waals surface area contributed by atoms with E-state index >= 15 is 0 Å². The highest BCUT2D eigenvalue weighted by Gasteiger charge is 2.49. The van der Waals surface area contributed by atoms with Crippen molar-refractivity contribution < 1.29 is 18.7 Å². The predicted molar refractivity (Wildman–Crippen MR) is 134 cm³/mol. The summed E-state index contributed by atoms with van der Waals surface area (Å²) in [5, 5.41) is 6.84. The van der Waals surface area contributed by atoms with Crippen LogP contribution in [0.3, 0.4) is 0 Å². The largest absolute Gasteiger partial charge is 0.496 e. The van der Waals surface area contributed by atoms with Crippen LogP contribution in [-0.4, -0.2) is 58.6 Å². The molecule has 2 amide bonds. The first-order valence-corrected chi connectivity index (χ1v) is 12.1. The topological polar surface area (TPSA) is 105 Å². The quantitative estimate of drug-likeness (QED) is 0.465. The first kappa shape index (κ1) is 22.3. The maximum absolute atomic E-state index is 13.6. The van der Waals surface area contributed by atoms with Gasteiger partial charge in [0, 0.05) is 61.2 Å². The summed E-state index contributed by atoms with van der Waals surface area (Å²) in [4.78, 5) is 34.9. The van der Waals surface area contributed by atoms with Crippen molar-refractivity contribution in [3.05, 3.63) is 60.2 Å². The summed E-state index contributed by atoms with van der Waals surface area (Å²) in [5.74, 6) is 1.37. The molecule has 36 heavy (non-hydrogen) atoms. The molecule has 0 radical (unpaired) electrons. The van der Waals surface area contributed by atoms with Crippen molar-refractivity contribution in [3.8, 4) is 16.9 Å². The molecule has 2 aromatic carbocycles. The highest BCUT2D eigenvalue weighted by molar-refractivity contribution is 6.01. The molecule has 1 spiro atoms. The van der Waals surface area contributed by atoms with Gasteiger partial charge in [0.25, 0.3) is 5.91 Å². The molecule has 0 bridgehead atoms. The number of aryl methyl sites for hydroxylation is 1. The van der Waals surface area contributed by atoms with Crippen LogP contribution in [0.4, 0.5) is 5.69 Å². The number of fused-ring (bicyclic) bond motifs is 1. The minimum Gasteiger partial charge on any atom is -0.496 e. The van der Waals surface area contributed by atoms with Crippen LogP contribution < -0.4 is 9.64 Å². The van der Waals surface area contributed by atoms with Crippen LogP contribution in [0, 0.1) is 12.3 Å². The summed E-state index contributed by atoms with van der Waals surface area (Å²) < 4.78 is 11.1. The molecule has 0 saturated carbocycles. The van der Waals surface area contributed by atoms with Gasteiger partial charge in [-0.1, -0.05) is 0 Å². The highest BCUT2D eigenvalue weighted by atomic mass is 16.5. The van der Waals surface area contributed by atoms with Crippen molar-refractivity contribution in [2.24, 2.45) is 5.41 Å². The first-order chi connectivity index (χ1) is 17.5. The number of hydrogen-bond acceptors (Lipinski definition) is 6. The third-order valence-electron chi connectivity index (χ3n) is 7.57. The van der Waals surface area contributed by atoms with Gasteiger partial charge < -0.3 is 19.0 Å². The van der Waals surface area contributed by atoms with E-state index in [1.165, 1.54) is 0 Å². The molecule has 0 atom stereocenters. The molecule has 184 valence electrons. The number of nitrogens with one attached hydrogen (secondary N) is 1. The van der Waals surface area contributed by atoms with Crippen LogP contribution in [0.15, 0.2) is 53.2 Å². The number of H-pyrrole nitrogens is 1. The zero-order valence-corrected chi connectivity index (χ0v) is 20.3. The Morgan fingerprint density at radius 1 is 1.11 bits per heavy atom. The molecule has 4 heterocycles. The number of amides is 2. The second-order valence-corrected chi connectivity index (χ2v) is 9.57. The molecular formula is C27H27N5O4. The second-order valence-electron chi connectivity index (χ2n) is 9.57. The fraction of sp³-hybridized carbons (Fsp3) is 0.333. The number of likely N-dealkylation sites (tertiary alicyclic amines) is 1.